The van der Waals surface area contributed by atoms with Gasteiger partial charge in [0, 0.05) is 31.0 Å². The van der Waals surface area contributed by atoms with Crippen molar-refractivity contribution in [2.75, 3.05) is 20.3 Å². The average molecular weight is 482 g/mol. The molecule has 0 spiro atoms. The standard InChI is InChI=1S/C25H24F2N4O4/c1-33-20-10-15(11-21(35-24(26)27)22(20)23(32)30-17-3-4-17)18-12-29-31-13-16(2-5-19(18)31)25(14-28)6-8-34-9-7-25/h2,5,10-13,17,24H,3-4,6-9H2,1H3,(H,30,32). The van der Waals surface area contributed by atoms with Gasteiger partial charge in [-0.15, -0.1) is 0 Å². The first kappa shape index (κ1) is 23.1. The molecule has 2 aliphatic rings. The van der Waals surface area contributed by atoms with Gasteiger partial charge in [0.25, 0.3) is 5.91 Å². The highest BCUT2D eigenvalue weighted by Gasteiger charge is 2.35. The quantitative estimate of drug-likeness (QED) is 0.545. The summed E-state index contributed by atoms with van der Waals surface area (Å²) in [6, 6.07) is 9.23. The van der Waals surface area contributed by atoms with Crippen LogP contribution in [-0.2, 0) is 10.2 Å². The molecule has 10 heteroatoms. The highest BCUT2D eigenvalue weighted by atomic mass is 19.3. The first-order valence-electron chi connectivity index (χ1n) is 11.4. The second kappa shape index (κ2) is 9.15. The Labute approximate surface area is 200 Å². The number of nitriles is 1. The van der Waals surface area contributed by atoms with E-state index in [0.29, 0.717) is 42.7 Å². The second-order valence-electron chi connectivity index (χ2n) is 8.79. The molecule has 1 aromatic carbocycles. The number of methoxy groups -OCH3 is 1. The lowest BCUT2D eigenvalue weighted by atomic mass is 9.76. The Morgan fingerprint density at radius 1 is 1.29 bits per heavy atom. The SMILES string of the molecule is COc1cc(-c2cnn3cc(C4(C#N)CCOCC4)ccc23)cc(OC(F)F)c1C(=O)NC1CC1. The van der Waals surface area contributed by atoms with Gasteiger partial charge in [0.15, 0.2) is 0 Å². The van der Waals surface area contributed by atoms with Gasteiger partial charge < -0.3 is 19.5 Å². The van der Waals surface area contributed by atoms with E-state index in [-0.39, 0.29) is 23.1 Å². The zero-order valence-corrected chi connectivity index (χ0v) is 19.1. The van der Waals surface area contributed by atoms with E-state index in [9.17, 15) is 18.8 Å². The summed E-state index contributed by atoms with van der Waals surface area (Å²) in [6.45, 7) is -2.08. The van der Waals surface area contributed by atoms with Crippen LogP contribution in [0.4, 0.5) is 8.78 Å². The maximum absolute atomic E-state index is 13.2. The Balaban J connectivity index is 1.57. The summed E-state index contributed by atoms with van der Waals surface area (Å²) in [7, 11) is 1.37. The fourth-order valence-electron chi connectivity index (χ4n) is 4.48. The number of carbonyl (C=O) groups excluding carboxylic acids is 1. The van der Waals surface area contributed by atoms with Crippen molar-refractivity contribution in [1.29, 1.82) is 5.26 Å². The maximum Gasteiger partial charge on any atom is 0.387 e. The molecule has 1 N–H and O–H groups in total. The molecular weight excluding hydrogens is 458 g/mol. The Bertz CT molecular complexity index is 1310. The number of benzene rings is 1. The van der Waals surface area contributed by atoms with Crippen molar-refractivity contribution in [1.82, 2.24) is 14.9 Å². The molecule has 0 radical (unpaired) electrons. The van der Waals surface area contributed by atoms with Gasteiger partial charge in [0.2, 0.25) is 0 Å². The van der Waals surface area contributed by atoms with Crippen molar-refractivity contribution in [2.24, 2.45) is 0 Å². The lowest BCUT2D eigenvalue weighted by Crippen LogP contribution is -2.32. The van der Waals surface area contributed by atoms with Crippen LogP contribution in [0.3, 0.4) is 0 Å². The van der Waals surface area contributed by atoms with Gasteiger partial charge in [-0.3, -0.25) is 4.79 Å². The molecule has 0 atom stereocenters. The highest BCUT2D eigenvalue weighted by molar-refractivity contribution is 6.01. The molecule has 8 nitrogen and oxygen atoms in total. The van der Waals surface area contributed by atoms with E-state index in [4.69, 9.17) is 14.2 Å². The Kier molecular flexibility index (Phi) is 6.03. The summed E-state index contributed by atoms with van der Waals surface area (Å²) in [5, 5.41) is 17.1. The summed E-state index contributed by atoms with van der Waals surface area (Å²) in [5.74, 6) is -0.665. The van der Waals surface area contributed by atoms with Crippen LogP contribution in [0.15, 0.2) is 36.7 Å². The fraction of sp³-hybridized carbons (Fsp3) is 0.400. The molecular formula is C25H24F2N4O4. The van der Waals surface area contributed by atoms with Crippen LogP contribution < -0.4 is 14.8 Å². The van der Waals surface area contributed by atoms with Crippen LogP contribution in [0.1, 0.15) is 41.6 Å². The lowest BCUT2D eigenvalue weighted by Gasteiger charge is -2.30. The van der Waals surface area contributed by atoms with Gasteiger partial charge >= 0.3 is 6.61 Å². The number of fused-ring (bicyclic) bond motifs is 1. The lowest BCUT2D eigenvalue weighted by molar-refractivity contribution is -0.0502. The molecule has 1 aliphatic carbocycles. The predicted octanol–water partition coefficient (Wildman–Crippen LogP) is 4.08. The van der Waals surface area contributed by atoms with Crippen molar-refractivity contribution in [3.8, 4) is 28.7 Å². The monoisotopic (exact) mass is 482 g/mol. The Hall–Kier alpha value is -3.71. The Morgan fingerprint density at radius 2 is 2.03 bits per heavy atom. The van der Waals surface area contributed by atoms with E-state index in [1.807, 2.05) is 18.3 Å². The van der Waals surface area contributed by atoms with Gasteiger partial charge in [-0.05, 0) is 55.0 Å². The molecule has 1 aliphatic heterocycles. The molecule has 3 aromatic rings. The van der Waals surface area contributed by atoms with Crippen molar-refractivity contribution in [3.63, 3.8) is 0 Å². The van der Waals surface area contributed by atoms with Crippen LogP contribution in [0.5, 0.6) is 11.5 Å². The molecule has 182 valence electrons. The minimum Gasteiger partial charge on any atom is -0.496 e. The topological polar surface area (TPSA) is 97.9 Å². The summed E-state index contributed by atoms with van der Waals surface area (Å²) < 4.78 is 43.7. The molecule has 1 saturated heterocycles. The molecule has 0 unspecified atom stereocenters. The molecule has 2 fully saturated rings. The van der Waals surface area contributed by atoms with E-state index >= 15 is 0 Å². The number of hydrogen-bond acceptors (Lipinski definition) is 6. The van der Waals surface area contributed by atoms with Gasteiger partial charge in [-0.1, -0.05) is 6.07 Å². The van der Waals surface area contributed by atoms with Crippen LogP contribution in [0, 0.1) is 11.3 Å². The van der Waals surface area contributed by atoms with Crippen molar-refractivity contribution in [3.05, 3.63) is 47.8 Å². The van der Waals surface area contributed by atoms with Gasteiger partial charge in [-0.2, -0.15) is 19.1 Å². The first-order valence-corrected chi connectivity index (χ1v) is 11.4. The average Bonchev–Trinajstić information content (AvgIpc) is 3.57. The zero-order valence-electron chi connectivity index (χ0n) is 19.1. The third-order valence-electron chi connectivity index (χ3n) is 6.58. The maximum atomic E-state index is 13.2. The summed E-state index contributed by atoms with van der Waals surface area (Å²) in [4.78, 5) is 12.8. The number of pyridine rings is 1. The van der Waals surface area contributed by atoms with E-state index in [1.165, 1.54) is 13.2 Å². The van der Waals surface area contributed by atoms with E-state index in [1.54, 1.807) is 16.8 Å². The minimum absolute atomic E-state index is 0.0347. The van der Waals surface area contributed by atoms with E-state index in [2.05, 4.69) is 16.5 Å². The number of alkyl halides is 2. The zero-order chi connectivity index (χ0) is 24.6. The largest absolute Gasteiger partial charge is 0.496 e. The van der Waals surface area contributed by atoms with Crippen LogP contribution >= 0.6 is 0 Å². The number of nitrogens with zero attached hydrogens (tertiary/aromatic N) is 3. The third-order valence-corrected chi connectivity index (χ3v) is 6.58. The Morgan fingerprint density at radius 3 is 2.69 bits per heavy atom. The van der Waals surface area contributed by atoms with Crippen LogP contribution in [0.25, 0.3) is 16.6 Å². The van der Waals surface area contributed by atoms with Crippen molar-refractivity contribution < 1.29 is 27.8 Å². The fourth-order valence-corrected chi connectivity index (χ4v) is 4.48. The van der Waals surface area contributed by atoms with Crippen LogP contribution in [-0.4, -0.2) is 48.5 Å². The number of nitrogens with one attached hydrogen (secondary N) is 1. The van der Waals surface area contributed by atoms with E-state index < -0.39 is 17.9 Å². The molecule has 1 saturated carbocycles. The normalized spacial score (nSPS) is 17.2. The van der Waals surface area contributed by atoms with Crippen molar-refractivity contribution >= 4 is 11.4 Å². The summed E-state index contributed by atoms with van der Waals surface area (Å²) in [5.41, 5.74) is 1.98. The molecule has 3 heterocycles. The van der Waals surface area contributed by atoms with Gasteiger partial charge in [0.05, 0.1) is 30.3 Å². The summed E-state index contributed by atoms with van der Waals surface area (Å²) in [6.07, 6.45) is 6.31. The highest BCUT2D eigenvalue weighted by Crippen LogP contribution is 2.39. The number of amides is 1. The number of hydrogen-bond donors (Lipinski definition) is 1. The smallest absolute Gasteiger partial charge is 0.387 e. The first-order chi connectivity index (χ1) is 16.9. The molecule has 2 aromatic heterocycles. The number of aromatic nitrogens is 2. The van der Waals surface area contributed by atoms with Crippen LogP contribution in [0.2, 0.25) is 0 Å². The second-order valence-corrected chi connectivity index (χ2v) is 8.79. The predicted molar refractivity (Wildman–Crippen MR) is 122 cm³/mol. The van der Waals surface area contributed by atoms with Gasteiger partial charge in [-0.25, -0.2) is 4.52 Å². The molecule has 35 heavy (non-hydrogen) atoms. The summed E-state index contributed by atoms with van der Waals surface area (Å²) >= 11 is 0. The van der Waals surface area contributed by atoms with E-state index in [0.717, 1.165) is 18.4 Å². The minimum atomic E-state index is -3.12. The molecule has 0 bridgehead atoms. The molecule has 5 rings (SSSR count). The number of halogens is 2. The van der Waals surface area contributed by atoms with Crippen molar-refractivity contribution in [2.45, 2.75) is 43.8 Å². The number of ether oxygens (including phenoxy) is 3. The number of rotatable bonds is 7. The third kappa shape index (κ3) is 4.39. The number of carbonyl (C=O) groups is 1. The molecule has 1 amide bonds. The van der Waals surface area contributed by atoms with Gasteiger partial charge in [0.1, 0.15) is 17.1 Å².